The number of rotatable bonds is 3. The van der Waals surface area contributed by atoms with Crippen molar-refractivity contribution in [2.24, 2.45) is 5.73 Å². The summed E-state index contributed by atoms with van der Waals surface area (Å²) in [5.74, 6) is -3.07. The number of carboxylic acid groups (broad SMARTS) is 2. The van der Waals surface area contributed by atoms with E-state index in [0.717, 1.165) is 12.1 Å². The lowest BCUT2D eigenvalue weighted by atomic mass is 9.92. The maximum Gasteiger partial charge on any atom is 0.339 e. The smallest absolute Gasteiger partial charge is 0.339 e. The molecule has 0 saturated heterocycles. The van der Waals surface area contributed by atoms with Gasteiger partial charge in [-0.1, -0.05) is 6.07 Å². The molecule has 1 aromatic rings. The van der Waals surface area contributed by atoms with Gasteiger partial charge >= 0.3 is 11.9 Å². The SMILES string of the molecule is CC(N)(C(=O)O)c1ccc(C(=O)O)c(O)c1. The minimum atomic E-state index is -1.67. The Labute approximate surface area is 90.9 Å². The molecule has 0 heterocycles. The third-order valence-electron chi connectivity index (χ3n) is 2.27. The van der Waals surface area contributed by atoms with Crippen LogP contribution in [0, 0.1) is 0 Å². The van der Waals surface area contributed by atoms with Crippen LogP contribution in [-0.4, -0.2) is 27.3 Å². The van der Waals surface area contributed by atoms with E-state index >= 15 is 0 Å². The molecule has 0 bridgehead atoms. The zero-order chi connectivity index (χ0) is 12.5. The summed E-state index contributed by atoms with van der Waals surface area (Å²) in [5, 5.41) is 26.9. The van der Waals surface area contributed by atoms with Crippen LogP contribution in [0.5, 0.6) is 5.75 Å². The van der Waals surface area contributed by atoms with Crippen LogP contribution in [0.3, 0.4) is 0 Å². The first-order valence-corrected chi connectivity index (χ1v) is 4.36. The fourth-order valence-electron chi connectivity index (χ4n) is 1.16. The van der Waals surface area contributed by atoms with Gasteiger partial charge in [0.2, 0.25) is 0 Å². The monoisotopic (exact) mass is 225 g/mol. The maximum atomic E-state index is 10.8. The van der Waals surface area contributed by atoms with Crippen LogP contribution in [0.2, 0.25) is 0 Å². The molecule has 0 radical (unpaired) electrons. The van der Waals surface area contributed by atoms with E-state index in [4.69, 9.17) is 15.9 Å². The molecule has 1 atom stereocenters. The van der Waals surface area contributed by atoms with Gasteiger partial charge in [-0.3, -0.25) is 0 Å². The molecular weight excluding hydrogens is 214 g/mol. The van der Waals surface area contributed by atoms with Gasteiger partial charge in [0.1, 0.15) is 16.9 Å². The van der Waals surface area contributed by atoms with Gasteiger partial charge in [0.15, 0.2) is 0 Å². The number of phenols is 1. The number of hydrogen-bond acceptors (Lipinski definition) is 4. The Morgan fingerprint density at radius 3 is 2.25 bits per heavy atom. The third kappa shape index (κ3) is 1.96. The lowest BCUT2D eigenvalue weighted by molar-refractivity contribution is -0.143. The molecule has 0 spiro atoms. The lowest BCUT2D eigenvalue weighted by Gasteiger charge is -2.20. The first-order chi connectivity index (χ1) is 7.26. The first-order valence-electron chi connectivity index (χ1n) is 4.36. The van der Waals surface area contributed by atoms with Crippen molar-refractivity contribution in [3.63, 3.8) is 0 Å². The molecule has 0 aliphatic heterocycles. The number of carbonyl (C=O) groups is 2. The summed E-state index contributed by atoms with van der Waals surface area (Å²) in [6, 6.07) is 3.41. The van der Waals surface area contributed by atoms with Gasteiger partial charge in [0, 0.05) is 0 Å². The molecule has 5 N–H and O–H groups in total. The Hall–Kier alpha value is -2.08. The highest BCUT2D eigenvalue weighted by Gasteiger charge is 2.31. The summed E-state index contributed by atoms with van der Waals surface area (Å²) in [6.07, 6.45) is 0. The first kappa shape index (κ1) is 12.0. The fourth-order valence-corrected chi connectivity index (χ4v) is 1.16. The second-order valence-corrected chi connectivity index (χ2v) is 3.54. The van der Waals surface area contributed by atoms with E-state index in [1.54, 1.807) is 0 Å². The number of hydrogen-bond donors (Lipinski definition) is 4. The van der Waals surface area contributed by atoms with Crippen LogP contribution in [-0.2, 0) is 10.3 Å². The summed E-state index contributed by atoms with van der Waals surface area (Å²) in [6.45, 7) is 1.25. The van der Waals surface area contributed by atoms with E-state index in [1.807, 2.05) is 0 Å². The number of aliphatic carboxylic acids is 1. The number of carboxylic acids is 2. The zero-order valence-corrected chi connectivity index (χ0v) is 8.47. The standard InChI is InChI=1S/C10H11NO5/c1-10(11,9(15)16)5-2-3-6(8(13)14)7(12)4-5/h2-4,12H,11H2,1H3,(H,13,14)(H,15,16). The van der Waals surface area contributed by atoms with Crippen molar-refractivity contribution in [2.45, 2.75) is 12.5 Å². The van der Waals surface area contributed by atoms with Crippen LogP contribution >= 0.6 is 0 Å². The van der Waals surface area contributed by atoms with Crippen molar-refractivity contribution in [3.8, 4) is 5.75 Å². The van der Waals surface area contributed by atoms with Gasteiger partial charge in [-0.15, -0.1) is 0 Å². The maximum absolute atomic E-state index is 10.8. The number of aromatic carboxylic acids is 1. The number of aromatic hydroxyl groups is 1. The van der Waals surface area contributed by atoms with E-state index in [0.29, 0.717) is 0 Å². The number of nitrogens with two attached hydrogens (primary N) is 1. The lowest BCUT2D eigenvalue weighted by Crippen LogP contribution is -2.41. The van der Waals surface area contributed by atoms with E-state index in [9.17, 15) is 14.7 Å². The normalized spacial score (nSPS) is 14.1. The molecule has 86 valence electrons. The summed E-state index contributed by atoms with van der Waals surface area (Å²) >= 11 is 0. The molecule has 1 aromatic carbocycles. The Morgan fingerprint density at radius 1 is 1.31 bits per heavy atom. The van der Waals surface area contributed by atoms with Crippen molar-refractivity contribution in [1.82, 2.24) is 0 Å². The minimum absolute atomic E-state index is 0.127. The average Bonchev–Trinajstić information content (AvgIpc) is 2.16. The van der Waals surface area contributed by atoms with Gasteiger partial charge < -0.3 is 21.1 Å². The van der Waals surface area contributed by atoms with E-state index in [1.165, 1.54) is 13.0 Å². The molecule has 16 heavy (non-hydrogen) atoms. The molecular formula is C10H11NO5. The average molecular weight is 225 g/mol. The fraction of sp³-hybridized carbons (Fsp3) is 0.200. The second-order valence-electron chi connectivity index (χ2n) is 3.54. The molecule has 1 unspecified atom stereocenters. The van der Waals surface area contributed by atoms with Crippen LogP contribution in [0.15, 0.2) is 18.2 Å². The summed E-state index contributed by atoms with van der Waals surface area (Å²) in [7, 11) is 0. The predicted molar refractivity (Wildman–Crippen MR) is 54.2 cm³/mol. The molecule has 0 amide bonds. The van der Waals surface area contributed by atoms with Gasteiger partial charge in [-0.2, -0.15) is 0 Å². The second kappa shape index (κ2) is 3.82. The quantitative estimate of drug-likeness (QED) is 0.589. The Kier molecular flexibility index (Phi) is 2.86. The van der Waals surface area contributed by atoms with Gasteiger partial charge in [-0.05, 0) is 24.6 Å². The van der Waals surface area contributed by atoms with Crippen LogP contribution in [0.1, 0.15) is 22.8 Å². The van der Waals surface area contributed by atoms with Crippen LogP contribution < -0.4 is 5.73 Å². The molecule has 1 rings (SSSR count). The summed E-state index contributed by atoms with van der Waals surface area (Å²) < 4.78 is 0. The largest absolute Gasteiger partial charge is 0.507 e. The molecule has 0 fully saturated rings. The van der Waals surface area contributed by atoms with Crippen molar-refractivity contribution in [3.05, 3.63) is 29.3 Å². The zero-order valence-electron chi connectivity index (χ0n) is 8.47. The highest BCUT2D eigenvalue weighted by Crippen LogP contribution is 2.25. The molecule has 0 aromatic heterocycles. The Bertz CT molecular complexity index is 453. The van der Waals surface area contributed by atoms with Crippen molar-refractivity contribution in [2.75, 3.05) is 0 Å². The summed E-state index contributed by atoms with van der Waals surface area (Å²) in [4.78, 5) is 21.4. The molecule has 0 saturated carbocycles. The minimum Gasteiger partial charge on any atom is -0.507 e. The Morgan fingerprint density at radius 2 is 1.88 bits per heavy atom. The van der Waals surface area contributed by atoms with E-state index in [-0.39, 0.29) is 11.1 Å². The molecule has 6 nitrogen and oxygen atoms in total. The van der Waals surface area contributed by atoms with Crippen LogP contribution in [0.4, 0.5) is 0 Å². The van der Waals surface area contributed by atoms with Gasteiger partial charge in [0.05, 0.1) is 0 Å². The van der Waals surface area contributed by atoms with E-state index in [2.05, 4.69) is 0 Å². The molecule has 0 aliphatic rings. The molecule has 6 heteroatoms. The van der Waals surface area contributed by atoms with Gasteiger partial charge in [-0.25, -0.2) is 9.59 Å². The topological polar surface area (TPSA) is 121 Å². The van der Waals surface area contributed by atoms with E-state index < -0.39 is 23.2 Å². The van der Waals surface area contributed by atoms with Crippen molar-refractivity contribution in [1.29, 1.82) is 0 Å². The number of benzene rings is 1. The Balaban J connectivity index is 3.26. The third-order valence-corrected chi connectivity index (χ3v) is 2.27. The highest BCUT2D eigenvalue weighted by molar-refractivity contribution is 5.91. The highest BCUT2D eigenvalue weighted by atomic mass is 16.4. The van der Waals surface area contributed by atoms with Gasteiger partial charge in [0.25, 0.3) is 0 Å². The summed E-state index contributed by atoms with van der Waals surface area (Å²) in [5.41, 5.74) is 3.67. The van der Waals surface area contributed by atoms with Crippen LogP contribution in [0.25, 0.3) is 0 Å². The van der Waals surface area contributed by atoms with Crippen molar-refractivity contribution >= 4 is 11.9 Å². The van der Waals surface area contributed by atoms with Crippen molar-refractivity contribution < 1.29 is 24.9 Å². The predicted octanol–water partition coefficient (Wildman–Crippen LogP) is 0.349. The molecule has 0 aliphatic carbocycles.